The van der Waals surface area contributed by atoms with E-state index < -0.39 is 65.9 Å². The summed E-state index contributed by atoms with van der Waals surface area (Å²) in [6, 6.07) is 10.5. The van der Waals surface area contributed by atoms with Crippen LogP contribution in [0.4, 0.5) is 13.6 Å². The Kier molecular flexibility index (Phi) is 8.38. The number of carbonyl (C=O) groups excluding carboxylic acids is 3. The third kappa shape index (κ3) is 5.46. The molecule has 45 heavy (non-hydrogen) atoms. The van der Waals surface area contributed by atoms with Gasteiger partial charge in [0.25, 0.3) is 5.91 Å². The predicted molar refractivity (Wildman–Crippen MR) is 153 cm³/mol. The molecule has 1 fully saturated rings. The van der Waals surface area contributed by atoms with Crippen molar-refractivity contribution >= 4 is 29.8 Å². The molecule has 0 aliphatic carbocycles. The lowest BCUT2D eigenvalue weighted by molar-refractivity contribution is -0.151. The molecule has 2 aromatic carbocycles. The van der Waals surface area contributed by atoms with Crippen molar-refractivity contribution in [3.63, 3.8) is 0 Å². The van der Waals surface area contributed by atoms with Crippen molar-refractivity contribution in [3.05, 3.63) is 92.9 Å². The zero-order valence-electron chi connectivity index (χ0n) is 24.1. The summed E-state index contributed by atoms with van der Waals surface area (Å²) >= 11 is 1.36. The van der Waals surface area contributed by atoms with E-state index in [-0.39, 0.29) is 36.8 Å². The summed E-state index contributed by atoms with van der Waals surface area (Å²) in [6.07, 6.45) is -1.82. The van der Waals surface area contributed by atoms with E-state index in [9.17, 15) is 23.6 Å². The number of halogens is 2. The fraction of sp³-hybridized carbons (Fsp3) is 0.333. The van der Waals surface area contributed by atoms with Crippen LogP contribution in [0.5, 0.6) is 5.75 Å². The van der Waals surface area contributed by atoms with Crippen LogP contribution in [-0.4, -0.2) is 73.5 Å². The van der Waals surface area contributed by atoms with Crippen LogP contribution < -0.4 is 15.2 Å². The summed E-state index contributed by atoms with van der Waals surface area (Å²) in [7, 11) is 1.13. The van der Waals surface area contributed by atoms with Gasteiger partial charge in [0.2, 0.25) is 18.0 Å². The lowest BCUT2D eigenvalue weighted by atomic mass is 9.93. The first-order valence-corrected chi connectivity index (χ1v) is 14.8. The Morgan fingerprint density at radius 2 is 1.91 bits per heavy atom. The predicted octanol–water partition coefficient (Wildman–Crippen LogP) is 3.32. The first-order chi connectivity index (χ1) is 21.7. The van der Waals surface area contributed by atoms with Gasteiger partial charge in [-0.05, 0) is 30.2 Å². The maximum atomic E-state index is 15.3. The van der Waals surface area contributed by atoms with Crippen LogP contribution in [-0.2, 0) is 29.5 Å². The second-order valence-electron chi connectivity index (χ2n) is 10.2. The van der Waals surface area contributed by atoms with Crippen LogP contribution >= 0.6 is 11.8 Å². The SMILES string of the molecule is COC(=O)[C@H](C)OC(=O)OCOc1c2n(ccc1=O)N([C@@H]1c3ccccc3SCc3c1ccc(F)c3F)[C@@H]1COCCN1C2=O. The zero-order chi connectivity index (χ0) is 31.8. The highest BCUT2D eigenvalue weighted by molar-refractivity contribution is 7.98. The van der Waals surface area contributed by atoms with Gasteiger partial charge in [-0.3, -0.25) is 19.3 Å². The molecule has 0 unspecified atom stereocenters. The number of amides is 1. The van der Waals surface area contributed by atoms with Gasteiger partial charge in [0.05, 0.1) is 26.4 Å². The normalized spacial score (nSPS) is 19.2. The molecular formula is C30H27F2N3O9S. The molecule has 3 aromatic rings. The van der Waals surface area contributed by atoms with Crippen LogP contribution in [0.3, 0.4) is 0 Å². The fourth-order valence-corrected chi connectivity index (χ4v) is 6.75. The molecule has 3 aliphatic rings. The number of ether oxygens (including phenoxy) is 5. The third-order valence-electron chi connectivity index (χ3n) is 7.72. The van der Waals surface area contributed by atoms with E-state index in [0.29, 0.717) is 5.56 Å². The Labute approximate surface area is 259 Å². The lowest BCUT2D eigenvalue weighted by Gasteiger charge is -2.51. The summed E-state index contributed by atoms with van der Waals surface area (Å²) in [5, 5.41) is 1.79. The number of esters is 1. The highest BCUT2D eigenvalue weighted by Gasteiger charge is 2.46. The Hall–Kier alpha value is -4.63. The van der Waals surface area contributed by atoms with Crippen molar-refractivity contribution in [1.82, 2.24) is 9.58 Å². The average molecular weight is 644 g/mol. The van der Waals surface area contributed by atoms with E-state index in [1.165, 1.54) is 46.6 Å². The maximum absolute atomic E-state index is 15.3. The summed E-state index contributed by atoms with van der Waals surface area (Å²) < 4.78 is 56.9. The molecule has 0 radical (unpaired) electrons. The number of pyridine rings is 1. The minimum absolute atomic E-state index is 0.0889. The number of morpholine rings is 1. The number of fused-ring (bicyclic) bond motifs is 4. The van der Waals surface area contributed by atoms with Crippen molar-refractivity contribution < 1.29 is 46.8 Å². The standard InChI is InChI=1S/C30H27F2N3O9S/c1-16(29(38)40-2)44-30(39)43-15-42-27-21(36)9-10-34-26(27)28(37)33-11-12-41-13-23(33)35(34)25-17-7-8-20(31)24(32)19(17)14-45-22-6-4-3-5-18(22)25/h3-10,16,23,25H,11-15H2,1-2H3/t16-,23+,25-/m0/s1. The second-order valence-corrected chi connectivity index (χ2v) is 11.3. The molecule has 15 heteroatoms. The first kappa shape index (κ1) is 30.4. The molecule has 0 N–H and O–H groups in total. The van der Waals surface area contributed by atoms with Crippen LogP contribution in [0.15, 0.2) is 58.4 Å². The van der Waals surface area contributed by atoms with E-state index in [2.05, 4.69) is 4.74 Å². The highest BCUT2D eigenvalue weighted by atomic mass is 32.2. The van der Waals surface area contributed by atoms with E-state index in [1.807, 2.05) is 24.3 Å². The van der Waals surface area contributed by atoms with E-state index in [0.717, 1.165) is 23.6 Å². The molecule has 1 aromatic heterocycles. The van der Waals surface area contributed by atoms with Gasteiger partial charge in [-0.2, -0.15) is 0 Å². The molecule has 3 aliphatic heterocycles. The first-order valence-electron chi connectivity index (χ1n) is 13.9. The number of carbonyl (C=O) groups is 3. The largest absolute Gasteiger partial charge is 0.512 e. The van der Waals surface area contributed by atoms with Crippen molar-refractivity contribution in [2.24, 2.45) is 0 Å². The van der Waals surface area contributed by atoms with E-state index >= 15 is 4.39 Å². The van der Waals surface area contributed by atoms with E-state index in [1.54, 1.807) is 5.01 Å². The fourth-order valence-electron chi connectivity index (χ4n) is 5.64. The average Bonchev–Trinajstić information content (AvgIpc) is 3.21. The number of aromatic nitrogens is 1. The van der Waals surface area contributed by atoms with Crippen molar-refractivity contribution in [3.8, 4) is 5.75 Å². The quantitative estimate of drug-likeness (QED) is 0.290. The third-order valence-corrected chi connectivity index (χ3v) is 8.83. The minimum Gasteiger partial charge on any atom is -0.466 e. The molecule has 6 rings (SSSR count). The Bertz CT molecular complexity index is 1740. The molecule has 3 atom stereocenters. The molecule has 0 saturated carbocycles. The van der Waals surface area contributed by atoms with Crippen LogP contribution in [0, 0.1) is 11.6 Å². The molecular weight excluding hydrogens is 616 g/mol. The minimum atomic E-state index is -1.27. The molecule has 4 heterocycles. The topological polar surface area (TPSA) is 126 Å². The van der Waals surface area contributed by atoms with Gasteiger partial charge in [0.1, 0.15) is 6.17 Å². The maximum Gasteiger partial charge on any atom is 0.512 e. The van der Waals surface area contributed by atoms with Gasteiger partial charge >= 0.3 is 12.1 Å². The van der Waals surface area contributed by atoms with Gasteiger partial charge < -0.3 is 28.6 Å². The zero-order valence-corrected chi connectivity index (χ0v) is 24.9. The highest BCUT2D eigenvalue weighted by Crippen LogP contribution is 2.45. The molecule has 12 nitrogen and oxygen atoms in total. The number of hydrogen-bond acceptors (Lipinski definition) is 11. The number of rotatable bonds is 6. The van der Waals surface area contributed by atoms with E-state index in [4.69, 9.17) is 18.9 Å². The lowest BCUT2D eigenvalue weighted by Crippen LogP contribution is -2.66. The Morgan fingerprint density at radius 1 is 1.11 bits per heavy atom. The van der Waals surface area contributed by atoms with Crippen LogP contribution in [0.25, 0.3) is 0 Å². The number of thioether (sulfide) groups is 1. The van der Waals surface area contributed by atoms with Crippen molar-refractivity contribution in [2.45, 2.75) is 35.9 Å². The van der Waals surface area contributed by atoms with Gasteiger partial charge in [-0.25, -0.2) is 18.4 Å². The number of methoxy groups -OCH3 is 1. The summed E-state index contributed by atoms with van der Waals surface area (Å²) in [4.78, 5) is 53.1. The van der Waals surface area contributed by atoms with Gasteiger partial charge in [-0.1, -0.05) is 24.3 Å². The molecule has 0 bridgehead atoms. The van der Waals surface area contributed by atoms with Gasteiger partial charge in [0.15, 0.2) is 23.4 Å². The van der Waals surface area contributed by atoms with Crippen LogP contribution in [0.1, 0.15) is 40.1 Å². The number of nitrogens with zero attached hydrogens (tertiary/aromatic N) is 3. The Morgan fingerprint density at radius 3 is 2.71 bits per heavy atom. The number of benzene rings is 2. The molecule has 1 amide bonds. The molecule has 1 saturated heterocycles. The summed E-state index contributed by atoms with van der Waals surface area (Å²) in [6.45, 7) is 0.942. The van der Waals surface area contributed by atoms with Crippen molar-refractivity contribution in [2.75, 3.05) is 38.7 Å². The second kappa shape index (κ2) is 12.4. The monoisotopic (exact) mass is 643 g/mol. The van der Waals surface area contributed by atoms with Crippen molar-refractivity contribution in [1.29, 1.82) is 0 Å². The number of hydrogen-bond donors (Lipinski definition) is 0. The molecule has 236 valence electrons. The van der Waals surface area contributed by atoms with Gasteiger partial charge in [-0.15, -0.1) is 11.8 Å². The summed E-state index contributed by atoms with van der Waals surface area (Å²) in [5.74, 6) is -3.54. The molecule has 0 spiro atoms. The van der Waals surface area contributed by atoms with Crippen LogP contribution in [0.2, 0.25) is 0 Å². The van der Waals surface area contributed by atoms with Gasteiger partial charge in [0, 0.05) is 35.0 Å². The smallest absolute Gasteiger partial charge is 0.466 e. The Balaban J connectivity index is 1.44. The summed E-state index contributed by atoms with van der Waals surface area (Å²) in [5.41, 5.74) is 0.577.